The number of amides is 1. The van der Waals surface area contributed by atoms with E-state index in [0.29, 0.717) is 25.7 Å². The lowest BCUT2D eigenvalue weighted by Crippen LogP contribution is -2.47. The van der Waals surface area contributed by atoms with Crippen LogP contribution >= 0.6 is 0 Å². The lowest BCUT2D eigenvalue weighted by Gasteiger charge is -2.31. The van der Waals surface area contributed by atoms with Gasteiger partial charge in [0.15, 0.2) is 0 Å². The molecule has 2 aliphatic rings. The van der Waals surface area contributed by atoms with Gasteiger partial charge in [-0.05, 0) is 38.8 Å². The van der Waals surface area contributed by atoms with Crippen molar-refractivity contribution in [1.82, 2.24) is 14.5 Å². The molecule has 1 N–H and O–H groups in total. The van der Waals surface area contributed by atoms with Gasteiger partial charge < -0.3 is 5.32 Å². The Bertz CT molecular complexity index is 466. The molecule has 0 spiro atoms. The van der Waals surface area contributed by atoms with Crippen LogP contribution in [0.4, 0.5) is 0 Å². The van der Waals surface area contributed by atoms with E-state index in [1.54, 1.807) is 0 Å². The van der Waals surface area contributed by atoms with Crippen molar-refractivity contribution in [2.45, 2.75) is 38.6 Å². The first-order valence-corrected chi connectivity index (χ1v) is 9.73. The summed E-state index contributed by atoms with van der Waals surface area (Å²) < 4.78 is 24.6. The van der Waals surface area contributed by atoms with E-state index in [-0.39, 0.29) is 11.8 Å². The van der Waals surface area contributed by atoms with Crippen LogP contribution < -0.4 is 5.32 Å². The zero-order valence-corrected chi connectivity index (χ0v) is 13.9. The lowest BCUT2D eigenvalue weighted by atomic mass is 9.98. The molecule has 2 heterocycles. The average Bonchev–Trinajstić information content (AvgIpc) is 2.91. The van der Waals surface area contributed by atoms with Gasteiger partial charge in [0, 0.05) is 25.7 Å². The molecule has 0 unspecified atom stereocenters. The van der Waals surface area contributed by atoms with E-state index < -0.39 is 10.0 Å². The highest BCUT2D eigenvalue weighted by Gasteiger charge is 2.31. The zero-order valence-electron chi connectivity index (χ0n) is 13.0. The van der Waals surface area contributed by atoms with E-state index in [2.05, 4.69) is 17.1 Å². The second-order valence-corrected chi connectivity index (χ2v) is 8.11. The second kappa shape index (κ2) is 7.07. The number of likely N-dealkylation sites (tertiary alicyclic amines) is 1. The van der Waals surface area contributed by atoms with Crippen molar-refractivity contribution in [2.24, 2.45) is 5.92 Å². The standard InChI is InChI=1S/C14H27N3O3S/c1-3-16-8-5-7-13(16)10-15-14(18)12-6-4-9-17(11-12)21(2,19)20/h12-13H,3-11H2,1-2H3,(H,15,18)/t12-,13-/m1/s1. The van der Waals surface area contributed by atoms with Gasteiger partial charge in [-0.3, -0.25) is 9.69 Å². The molecule has 0 aliphatic carbocycles. The van der Waals surface area contributed by atoms with Crippen molar-refractivity contribution in [3.63, 3.8) is 0 Å². The maximum absolute atomic E-state index is 12.3. The van der Waals surface area contributed by atoms with Crippen molar-refractivity contribution in [1.29, 1.82) is 0 Å². The highest BCUT2D eigenvalue weighted by atomic mass is 32.2. The van der Waals surface area contributed by atoms with E-state index in [1.165, 1.54) is 17.0 Å². The van der Waals surface area contributed by atoms with Gasteiger partial charge in [0.25, 0.3) is 0 Å². The summed E-state index contributed by atoms with van der Waals surface area (Å²) >= 11 is 0. The number of carbonyl (C=O) groups excluding carboxylic acids is 1. The molecule has 2 saturated heterocycles. The first-order chi connectivity index (χ1) is 9.91. The summed E-state index contributed by atoms with van der Waals surface area (Å²) in [5, 5.41) is 3.03. The highest BCUT2D eigenvalue weighted by Crippen LogP contribution is 2.20. The Kier molecular flexibility index (Phi) is 5.62. The average molecular weight is 317 g/mol. The molecular weight excluding hydrogens is 290 g/mol. The molecule has 2 atom stereocenters. The summed E-state index contributed by atoms with van der Waals surface area (Å²) in [4.78, 5) is 14.7. The van der Waals surface area contributed by atoms with Crippen LogP contribution in [0.1, 0.15) is 32.6 Å². The van der Waals surface area contributed by atoms with E-state index >= 15 is 0 Å². The van der Waals surface area contributed by atoms with Crippen LogP contribution in [0.2, 0.25) is 0 Å². The fourth-order valence-electron chi connectivity index (χ4n) is 3.36. The normalized spacial score (nSPS) is 28.7. The lowest BCUT2D eigenvalue weighted by molar-refractivity contribution is -0.126. The smallest absolute Gasteiger partial charge is 0.224 e. The van der Waals surface area contributed by atoms with Gasteiger partial charge in [0.05, 0.1) is 12.2 Å². The van der Waals surface area contributed by atoms with E-state index in [9.17, 15) is 13.2 Å². The third-order valence-corrected chi connectivity index (χ3v) is 5.91. The molecule has 1 amide bonds. The predicted molar refractivity (Wildman–Crippen MR) is 82.4 cm³/mol. The summed E-state index contributed by atoms with van der Waals surface area (Å²) in [6.07, 6.45) is 5.08. The topological polar surface area (TPSA) is 69.7 Å². The van der Waals surface area contributed by atoms with Crippen LogP contribution in [-0.4, -0.2) is 68.6 Å². The second-order valence-electron chi connectivity index (χ2n) is 6.13. The van der Waals surface area contributed by atoms with Gasteiger partial charge >= 0.3 is 0 Å². The van der Waals surface area contributed by atoms with E-state index in [4.69, 9.17) is 0 Å². The van der Waals surface area contributed by atoms with Crippen molar-refractivity contribution >= 4 is 15.9 Å². The molecule has 2 rings (SSSR count). The number of carbonyl (C=O) groups is 1. The zero-order chi connectivity index (χ0) is 15.5. The van der Waals surface area contributed by atoms with Crippen molar-refractivity contribution < 1.29 is 13.2 Å². The Morgan fingerprint density at radius 3 is 2.62 bits per heavy atom. The Morgan fingerprint density at radius 1 is 1.24 bits per heavy atom. The molecule has 0 bridgehead atoms. The Balaban J connectivity index is 1.83. The molecule has 122 valence electrons. The Morgan fingerprint density at radius 2 is 1.95 bits per heavy atom. The van der Waals surface area contributed by atoms with Gasteiger partial charge in [0.1, 0.15) is 0 Å². The monoisotopic (exact) mass is 317 g/mol. The quantitative estimate of drug-likeness (QED) is 0.789. The molecule has 0 radical (unpaired) electrons. The largest absolute Gasteiger partial charge is 0.354 e. The fourth-order valence-corrected chi connectivity index (χ4v) is 4.27. The molecule has 7 heteroatoms. The molecular formula is C14H27N3O3S. The minimum absolute atomic E-state index is 0.00584. The first-order valence-electron chi connectivity index (χ1n) is 7.88. The Labute approximate surface area is 127 Å². The van der Waals surface area contributed by atoms with Crippen LogP contribution in [0.3, 0.4) is 0 Å². The number of nitrogens with zero attached hydrogens (tertiary/aromatic N) is 2. The molecule has 2 fully saturated rings. The molecule has 0 aromatic carbocycles. The van der Waals surface area contributed by atoms with Crippen molar-refractivity contribution in [3.8, 4) is 0 Å². The summed E-state index contributed by atoms with van der Waals surface area (Å²) in [7, 11) is -3.19. The number of hydrogen-bond acceptors (Lipinski definition) is 4. The third kappa shape index (κ3) is 4.40. The van der Waals surface area contributed by atoms with Crippen molar-refractivity contribution in [3.05, 3.63) is 0 Å². The number of hydrogen-bond donors (Lipinski definition) is 1. The summed E-state index contributed by atoms with van der Waals surface area (Å²) in [5.41, 5.74) is 0. The highest BCUT2D eigenvalue weighted by molar-refractivity contribution is 7.88. The maximum atomic E-state index is 12.3. The van der Waals surface area contributed by atoms with Gasteiger partial charge in [-0.2, -0.15) is 0 Å². The maximum Gasteiger partial charge on any atom is 0.224 e. The number of nitrogens with one attached hydrogen (secondary N) is 1. The molecule has 21 heavy (non-hydrogen) atoms. The van der Waals surface area contributed by atoms with Gasteiger partial charge in [-0.15, -0.1) is 0 Å². The minimum atomic E-state index is -3.19. The minimum Gasteiger partial charge on any atom is -0.354 e. The molecule has 0 saturated carbocycles. The SMILES string of the molecule is CCN1CCC[C@@H]1CNC(=O)[C@@H]1CCCN(S(C)(=O)=O)C1. The van der Waals surface area contributed by atoms with Gasteiger partial charge in [-0.1, -0.05) is 6.92 Å². The summed E-state index contributed by atoms with van der Waals surface area (Å²) in [5.74, 6) is -0.198. The summed E-state index contributed by atoms with van der Waals surface area (Å²) in [6.45, 7) is 5.82. The number of likely N-dealkylation sites (N-methyl/N-ethyl adjacent to an activating group) is 1. The van der Waals surface area contributed by atoms with Crippen LogP contribution in [-0.2, 0) is 14.8 Å². The number of rotatable bonds is 5. The van der Waals surface area contributed by atoms with Crippen LogP contribution in [0, 0.1) is 5.92 Å². The molecule has 2 aliphatic heterocycles. The number of sulfonamides is 1. The Hall–Kier alpha value is -0.660. The molecule has 0 aromatic heterocycles. The molecule has 0 aromatic rings. The fraction of sp³-hybridized carbons (Fsp3) is 0.929. The summed E-state index contributed by atoms with van der Waals surface area (Å²) in [6, 6.07) is 0.438. The predicted octanol–water partition coefficient (Wildman–Crippen LogP) is 0.259. The first kappa shape index (κ1) is 16.7. The molecule has 6 nitrogen and oxygen atoms in total. The van der Waals surface area contributed by atoms with E-state index in [1.807, 2.05) is 0 Å². The van der Waals surface area contributed by atoms with Gasteiger partial charge in [0.2, 0.25) is 15.9 Å². The van der Waals surface area contributed by atoms with Crippen molar-refractivity contribution in [2.75, 3.05) is 39.0 Å². The van der Waals surface area contributed by atoms with Crippen LogP contribution in [0.15, 0.2) is 0 Å². The number of piperidine rings is 1. The van der Waals surface area contributed by atoms with Crippen LogP contribution in [0.25, 0.3) is 0 Å². The third-order valence-electron chi connectivity index (χ3n) is 4.64. The van der Waals surface area contributed by atoms with Gasteiger partial charge in [-0.25, -0.2) is 12.7 Å². The van der Waals surface area contributed by atoms with E-state index in [0.717, 1.165) is 32.4 Å². The van der Waals surface area contributed by atoms with Crippen LogP contribution in [0.5, 0.6) is 0 Å².